The summed E-state index contributed by atoms with van der Waals surface area (Å²) in [7, 11) is 1.59. The molecule has 1 aromatic rings. The lowest BCUT2D eigenvalue weighted by Gasteiger charge is -2.46. The van der Waals surface area contributed by atoms with Crippen LogP contribution in [0.3, 0.4) is 0 Å². The normalized spacial score (nSPS) is 29.0. The number of methoxy groups -OCH3 is 1. The summed E-state index contributed by atoms with van der Waals surface area (Å²) in [5.74, 6) is -1.41. The largest absolute Gasteiger partial charge is 0.493 e. The van der Waals surface area contributed by atoms with Crippen LogP contribution in [0.4, 0.5) is 8.78 Å². The van der Waals surface area contributed by atoms with Crippen molar-refractivity contribution in [2.75, 3.05) is 26.8 Å². The minimum absolute atomic E-state index is 0.104. The number of hydrogen-bond acceptors (Lipinski definition) is 5. The number of rotatable bonds is 5. The van der Waals surface area contributed by atoms with Gasteiger partial charge in [-0.05, 0) is 56.9 Å². The van der Waals surface area contributed by atoms with E-state index >= 15 is 0 Å². The highest BCUT2D eigenvalue weighted by Gasteiger charge is 2.45. The zero-order valence-corrected chi connectivity index (χ0v) is 18.3. The van der Waals surface area contributed by atoms with Crippen LogP contribution in [0.2, 0.25) is 0 Å². The number of alkyl halides is 2. The zero-order chi connectivity index (χ0) is 21.7. The fraction of sp³-hybridized carbons (Fsp3) is 0.739. The Kier molecular flexibility index (Phi) is 5.75. The van der Waals surface area contributed by atoms with Gasteiger partial charge >= 0.3 is 0 Å². The van der Waals surface area contributed by atoms with E-state index in [1.807, 2.05) is 32.9 Å². The quantitative estimate of drug-likeness (QED) is 0.774. The summed E-state index contributed by atoms with van der Waals surface area (Å²) in [6.07, 6.45) is 0.534. The molecular weight excluding hydrogens is 392 g/mol. The molecule has 3 atom stereocenters. The summed E-state index contributed by atoms with van der Waals surface area (Å²) in [5.41, 5.74) is 2.02. The van der Waals surface area contributed by atoms with E-state index in [0.717, 1.165) is 18.5 Å². The first-order valence-electron chi connectivity index (χ1n) is 10.9. The molecule has 1 N–H and O–H groups in total. The highest BCUT2D eigenvalue weighted by molar-refractivity contribution is 5.49. The molecule has 3 aliphatic rings. The van der Waals surface area contributed by atoms with Crippen molar-refractivity contribution in [2.24, 2.45) is 5.92 Å². The molecule has 2 fully saturated rings. The first-order valence-corrected chi connectivity index (χ1v) is 10.9. The van der Waals surface area contributed by atoms with Crippen LogP contribution >= 0.6 is 0 Å². The molecule has 0 spiro atoms. The van der Waals surface area contributed by atoms with Crippen molar-refractivity contribution < 1.29 is 28.1 Å². The molecule has 0 amide bonds. The average Bonchev–Trinajstić information content (AvgIpc) is 2.63. The van der Waals surface area contributed by atoms with E-state index in [9.17, 15) is 13.9 Å². The maximum Gasteiger partial charge on any atom is 0.248 e. The van der Waals surface area contributed by atoms with Gasteiger partial charge in [-0.1, -0.05) is 0 Å². The maximum atomic E-state index is 13.1. The van der Waals surface area contributed by atoms with Gasteiger partial charge in [0.25, 0.3) is 0 Å². The fourth-order valence-corrected chi connectivity index (χ4v) is 4.94. The van der Waals surface area contributed by atoms with Gasteiger partial charge in [0.2, 0.25) is 5.92 Å². The van der Waals surface area contributed by atoms with E-state index in [1.54, 1.807) is 7.11 Å². The summed E-state index contributed by atoms with van der Waals surface area (Å²) in [6.45, 7) is 7.89. The fourth-order valence-electron chi connectivity index (χ4n) is 4.94. The topological polar surface area (TPSA) is 51.2 Å². The number of nitrogens with zero attached hydrogens (tertiary/aromatic N) is 1. The number of benzene rings is 1. The van der Waals surface area contributed by atoms with Gasteiger partial charge in [0, 0.05) is 37.9 Å². The molecule has 2 heterocycles. The number of hydrogen-bond donors (Lipinski definition) is 1. The lowest BCUT2D eigenvalue weighted by Crippen LogP contribution is -2.53. The molecule has 1 saturated carbocycles. The van der Waals surface area contributed by atoms with Crippen LogP contribution in [0.15, 0.2) is 12.1 Å². The first kappa shape index (κ1) is 21.8. The Hall–Kier alpha value is -1.44. The van der Waals surface area contributed by atoms with Gasteiger partial charge in [-0.3, -0.25) is 4.90 Å². The molecule has 0 aromatic heterocycles. The summed E-state index contributed by atoms with van der Waals surface area (Å²) in [6, 6.07) is 4.10. The van der Waals surface area contributed by atoms with Crippen LogP contribution in [0.1, 0.15) is 57.2 Å². The molecule has 4 rings (SSSR count). The van der Waals surface area contributed by atoms with Crippen molar-refractivity contribution >= 4 is 0 Å². The summed E-state index contributed by atoms with van der Waals surface area (Å²) in [4.78, 5) is 2.38. The minimum atomic E-state index is -2.53. The highest BCUT2D eigenvalue weighted by atomic mass is 19.3. The smallest absolute Gasteiger partial charge is 0.248 e. The van der Waals surface area contributed by atoms with Crippen molar-refractivity contribution in [1.29, 1.82) is 0 Å². The van der Waals surface area contributed by atoms with E-state index in [1.165, 1.54) is 5.56 Å². The Labute approximate surface area is 177 Å². The van der Waals surface area contributed by atoms with Gasteiger partial charge in [0.1, 0.15) is 0 Å². The SMILES string of the molecule is COc1cc2c(cc1OCC1CC(F)(F)C1)CCN1CC(OC(C)(C)C)C(O)CC21. The number of piperidine rings is 1. The van der Waals surface area contributed by atoms with Crippen molar-refractivity contribution in [2.45, 2.75) is 76.2 Å². The Morgan fingerprint density at radius 1 is 1.20 bits per heavy atom. The van der Waals surface area contributed by atoms with E-state index in [4.69, 9.17) is 14.2 Å². The third-order valence-electron chi connectivity index (χ3n) is 6.36. The van der Waals surface area contributed by atoms with E-state index in [0.29, 0.717) is 24.5 Å². The molecule has 2 aliphatic heterocycles. The molecule has 1 aliphatic carbocycles. The molecule has 1 saturated heterocycles. The van der Waals surface area contributed by atoms with Crippen LogP contribution < -0.4 is 9.47 Å². The van der Waals surface area contributed by atoms with Crippen LogP contribution in [0.25, 0.3) is 0 Å². The number of halogens is 2. The number of aliphatic hydroxyl groups excluding tert-OH is 1. The molecule has 168 valence electrons. The minimum Gasteiger partial charge on any atom is -0.493 e. The molecular formula is C23H33F2NO4. The van der Waals surface area contributed by atoms with Gasteiger partial charge in [0.05, 0.1) is 31.5 Å². The van der Waals surface area contributed by atoms with Gasteiger partial charge in [-0.2, -0.15) is 0 Å². The second-order valence-electron chi connectivity index (χ2n) is 9.98. The van der Waals surface area contributed by atoms with Gasteiger partial charge in [0.15, 0.2) is 11.5 Å². The molecule has 0 radical (unpaired) electrons. The van der Waals surface area contributed by atoms with Crippen molar-refractivity contribution in [3.05, 3.63) is 23.3 Å². The number of fused-ring (bicyclic) bond motifs is 3. The van der Waals surface area contributed by atoms with Crippen LogP contribution in [0.5, 0.6) is 11.5 Å². The lowest BCUT2D eigenvalue weighted by atomic mass is 9.82. The number of ether oxygens (including phenoxy) is 3. The molecule has 5 nitrogen and oxygen atoms in total. The molecule has 7 heteroatoms. The third-order valence-corrected chi connectivity index (χ3v) is 6.36. The number of aliphatic hydroxyl groups is 1. The molecule has 1 aromatic carbocycles. The van der Waals surface area contributed by atoms with E-state index < -0.39 is 12.0 Å². The molecule has 0 bridgehead atoms. The van der Waals surface area contributed by atoms with Crippen LogP contribution in [-0.4, -0.2) is 60.5 Å². The Morgan fingerprint density at radius 3 is 2.57 bits per heavy atom. The van der Waals surface area contributed by atoms with Gasteiger partial charge < -0.3 is 19.3 Å². The summed E-state index contributed by atoms with van der Waals surface area (Å²) in [5, 5.41) is 10.7. The predicted molar refractivity (Wildman–Crippen MR) is 109 cm³/mol. The second-order valence-corrected chi connectivity index (χ2v) is 9.98. The Morgan fingerprint density at radius 2 is 1.93 bits per heavy atom. The van der Waals surface area contributed by atoms with Crippen molar-refractivity contribution in [1.82, 2.24) is 4.90 Å². The monoisotopic (exact) mass is 425 g/mol. The first-order chi connectivity index (χ1) is 14.0. The van der Waals surface area contributed by atoms with E-state index in [2.05, 4.69) is 4.90 Å². The average molecular weight is 426 g/mol. The van der Waals surface area contributed by atoms with Gasteiger partial charge in [-0.25, -0.2) is 8.78 Å². The Bertz CT molecular complexity index is 771. The summed E-state index contributed by atoms with van der Waals surface area (Å²) < 4.78 is 43.7. The van der Waals surface area contributed by atoms with Crippen LogP contribution in [0, 0.1) is 5.92 Å². The lowest BCUT2D eigenvalue weighted by molar-refractivity contribution is -0.149. The van der Waals surface area contributed by atoms with Crippen molar-refractivity contribution in [3.63, 3.8) is 0 Å². The van der Waals surface area contributed by atoms with E-state index in [-0.39, 0.29) is 43.1 Å². The highest BCUT2D eigenvalue weighted by Crippen LogP contribution is 2.45. The van der Waals surface area contributed by atoms with Crippen LogP contribution in [-0.2, 0) is 11.2 Å². The second kappa shape index (κ2) is 7.92. The zero-order valence-electron chi connectivity index (χ0n) is 18.3. The third kappa shape index (κ3) is 4.58. The standard InChI is InChI=1S/C23H33F2NO4/c1-22(2,3)30-21-12-26-6-5-15-7-20(29-13-14-10-23(24,25)11-14)19(28-4)8-16(15)17(26)9-18(21)27/h7-8,14,17-18,21,27H,5-6,9-13H2,1-4H3. The predicted octanol–water partition coefficient (Wildman–Crippen LogP) is 3.97. The maximum absolute atomic E-state index is 13.1. The summed E-state index contributed by atoms with van der Waals surface area (Å²) >= 11 is 0. The molecule has 30 heavy (non-hydrogen) atoms. The van der Waals surface area contributed by atoms with Gasteiger partial charge in [-0.15, -0.1) is 0 Å². The molecule has 3 unspecified atom stereocenters. The van der Waals surface area contributed by atoms with Crippen molar-refractivity contribution in [3.8, 4) is 11.5 Å². The Balaban J connectivity index is 1.48.